The maximum atomic E-state index is 10.2. The van der Waals surface area contributed by atoms with Crippen LogP contribution in [0.3, 0.4) is 0 Å². The lowest BCUT2D eigenvalue weighted by Crippen LogP contribution is -2.23. The minimum Gasteiger partial charge on any atom is -0.399 e. The van der Waals surface area contributed by atoms with Crippen molar-refractivity contribution in [2.75, 3.05) is 25.4 Å². The van der Waals surface area contributed by atoms with Crippen molar-refractivity contribution in [2.45, 2.75) is 6.42 Å². The molecule has 0 aliphatic rings. The molecule has 4 N–H and O–H groups in total. The molecular formula is C10H16N2O4S. The lowest BCUT2D eigenvalue weighted by atomic mass is 10.1. The van der Waals surface area contributed by atoms with E-state index in [0.717, 1.165) is 17.7 Å². The van der Waals surface area contributed by atoms with E-state index in [9.17, 15) is 8.42 Å². The van der Waals surface area contributed by atoms with Crippen LogP contribution < -0.4 is 11.1 Å². The van der Waals surface area contributed by atoms with Crippen LogP contribution in [-0.2, 0) is 21.0 Å². The van der Waals surface area contributed by atoms with Gasteiger partial charge in [0.05, 0.1) is 6.61 Å². The van der Waals surface area contributed by atoms with Crippen molar-refractivity contribution in [3.63, 3.8) is 0 Å². The van der Waals surface area contributed by atoms with E-state index in [-0.39, 0.29) is 6.61 Å². The van der Waals surface area contributed by atoms with Gasteiger partial charge in [-0.25, -0.2) is 4.18 Å². The lowest BCUT2D eigenvalue weighted by Gasteiger charge is -2.04. The largest absolute Gasteiger partial charge is 0.399 e. The molecule has 1 aromatic carbocycles. The predicted octanol–water partition coefficient (Wildman–Crippen LogP) is 0.220. The molecule has 96 valence electrons. The summed E-state index contributed by atoms with van der Waals surface area (Å²) in [5.41, 5.74) is 7.42. The number of hydrogen-bond acceptors (Lipinski definition) is 5. The number of anilines is 1. The minimum atomic E-state index is -4.32. The molecule has 0 saturated heterocycles. The fourth-order valence-corrected chi connectivity index (χ4v) is 1.56. The van der Waals surface area contributed by atoms with Crippen LogP contribution in [-0.4, -0.2) is 32.7 Å². The topological polar surface area (TPSA) is 102 Å². The van der Waals surface area contributed by atoms with Gasteiger partial charge in [-0.1, -0.05) is 12.1 Å². The molecule has 7 heteroatoms. The van der Waals surface area contributed by atoms with Gasteiger partial charge in [-0.3, -0.25) is 4.55 Å². The SMILES string of the molecule is Nc1ccc(CCNCCOS(=O)(=O)O)cc1. The molecule has 0 bridgehead atoms. The maximum absolute atomic E-state index is 10.2. The van der Waals surface area contributed by atoms with Crippen LogP contribution in [0.5, 0.6) is 0 Å². The van der Waals surface area contributed by atoms with Crippen LogP contribution in [0.25, 0.3) is 0 Å². The van der Waals surface area contributed by atoms with Crippen LogP contribution in [0, 0.1) is 0 Å². The Labute approximate surface area is 101 Å². The zero-order chi connectivity index (χ0) is 12.7. The zero-order valence-electron chi connectivity index (χ0n) is 9.30. The zero-order valence-corrected chi connectivity index (χ0v) is 10.1. The van der Waals surface area contributed by atoms with Crippen LogP contribution >= 0.6 is 0 Å². The van der Waals surface area contributed by atoms with Crippen molar-refractivity contribution in [1.29, 1.82) is 0 Å². The number of nitrogens with one attached hydrogen (secondary N) is 1. The smallest absolute Gasteiger partial charge is 0.397 e. The van der Waals surface area contributed by atoms with E-state index in [1.54, 1.807) is 0 Å². The molecule has 0 unspecified atom stereocenters. The Kier molecular flexibility index (Phi) is 5.36. The summed E-state index contributed by atoms with van der Waals surface area (Å²) >= 11 is 0. The average Bonchev–Trinajstić information content (AvgIpc) is 2.24. The quantitative estimate of drug-likeness (QED) is 0.368. The highest BCUT2D eigenvalue weighted by molar-refractivity contribution is 7.80. The molecule has 1 rings (SSSR count). The van der Waals surface area contributed by atoms with Crippen molar-refractivity contribution in [1.82, 2.24) is 5.32 Å². The van der Waals surface area contributed by atoms with Crippen LogP contribution in [0.15, 0.2) is 24.3 Å². The number of nitrogens with two attached hydrogens (primary N) is 1. The van der Waals surface area contributed by atoms with Gasteiger partial charge in [0, 0.05) is 12.2 Å². The molecule has 0 aliphatic heterocycles. The molecule has 0 fully saturated rings. The Balaban J connectivity index is 2.10. The van der Waals surface area contributed by atoms with E-state index in [2.05, 4.69) is 9.50 Å². The van der Waals surface area contributed by atoms with Crippen LogP contribution in [0.1, 0.15) is 5.56 Å². The minimum absolute atomic E-state index is 0.0828. The molecule has 0 aromatic heterocycles. The van der Waals surface area contributed by atoms with Gasteiger partial charge < -0.3 is 11.1 Å². The van der Waals surface area contributed by atoms with E-state index in [0.29, 0.717) is 13.1 Å². The van der Waals surface area contributed by atoms with Crippen molar-refractivity contribution < 1.29 is 17.2 Å². The molecular weight excluding hydrogens is 244 g/mol. The molecule has 1 aromatic rings. The van der Waals surface area contributed by atoms with Crippen LogP contribution in [0.2, 0.25) is 0 Å². The Hall–Kier alpha value is -1.15. The van der Waals surface area contributed by atoms with Crippen molar-refractivity contribution in [2.24, 2.45) is 0 Å². The first-order valence-electron chi connectivity index (χ1n) is 5.14. The first kappa shape index (κ1) is 13.9. The fraction of sp³-hybridized carbons (Fsp3) is 0.400. The molecule has 0 amide bonds. The van der Waals surface area contributed by atoms with Crippen LogP contribution in [0.4, 0.5) is 5.69 Å². The highest BCUT2D eigenvalue weighted by Crippen LogP contribution is 2.05. The van der Waals surface area contributed by atoms with E-state index in [4.69, 9.17) is 10.3 Å². The highest BCUT2D eigenvalue weighted by Gasteiger charge is 2.02. The summed E-state index contributed by atoms with van der Waals surface area (Å²) < 4.78 is 32.9. The summed E-state index contributed by atoms with van der Waals surface area (Å²) in [7, 11) is -4.32. The molecule has 0 atom stereocenters. The number of benzene rings is 1. The highest BCUT2D eigenvalue weighted by atomic mass is 32.3. The normalized spacial score (nSPS) is 11.6. The second kappa shape index (κ2) is 6.55. The summed E-state index contributed by atoms with van der Waals surface area (Å²) in [6, 6.07) is 7.53. The van der Waals surface area contributed by atoms with E-state index in [1.807, 2.05) is 24.3 Å². The van der Waals surface area contributed by atoms with Crippen molar-refractivity contribution in [3.05, 3.63) is 29.8 Å². The Bertz CT molecular complexity index is 430. The van der Waals surface area contributed by atoms with Gasteiger partial charge in [-0.05, 0) is 30.7 Å². The Morgan fingerprint density at radius 2 is 1.88 bits per heavy atom. The summed E-state index contributed by atoms with van der Waals surface area (Å²) in [6.07, 6.45) is 0.812. The van der Waals surface area contributed by atoms with Gasteiger partial charge in [-0.15, -0.1) is 0 Å². The van der Waals surface area contributed by atoms with Gasteiger partial charge in [0.2, 0.25) is 0 Å². The summed E-state index contributed by atoms with van der Waals surface area (Å²) in [5, 5.41) is 2.99. The first-order valence-corrected chi connectivity index (χ1v) is 6.51. The fourth-order valence-electron chi connectivity index (χ4n) is 1.26. The number of nitrogen functional groups attached to an aromatic ring is 1. The standard InChI is InChI=1S/C10H16N2O4S/c11-10-3-1-9(2-4-10)5-6-12-7-8-16-17(13,14)15/h1-4,12H,5-8,11H2,(H,13,14,15). The van der Waals surface area contributed by atoms with E-state index < -0.39 is 10.4 Å². The van der Waals surface area contributed by atoms with Gasteiger partial charge in [0.25, 0.3) is 0 Å². The van der Waals surface area contributed by atoms with Crippen molar-refractivity contribution in [3.8, 4) is 0 Å². The number of rotatable bonds is 7. The van der Waals surface area contributed by atoms with Crippen molar-refractivity contribution >= 4 is 16.1 Å². The van der Waals surface area contributed by atoms with Gasteiger partial charge in [-0.2, -0.15) is 8.42 Å². The lowest BCUT2D eigenvalue weighted by molar-refractivity contribution is 0.268. The first-order chi connectivity index (χ1) is 7.97. The van der Waals surface area contributed by atoms with Gasteiger partial charge in [0.15, 0.2) is 0 Å². The van der Waals surface area contributed by atoms with E-state index in [1.165, 1.54) is 0 Å². The van der Waals surface area contributed by atoms with Gasteiger partial charge in [0.1, 0.15) is 0 Å². The van der Waals surface area contributed by atoms with Gasteiger partial charge >= 0.3 is 10.4 Å². The Morgan fingerprint density at radius 3 is 2.47 bits per heavy atom. The predicted molar refractivity (Wildman–Crippen MR) is 64.9 cm³/mol. The molecule has 0 spiro atoms. The second-order valence-electron chi connectivity index (χ2n) is 3.49. The third-order valence-corrected chi connectivity index (χ3v) is 2.55. The summed E-state index contributed by atoms with van der Waals surface area (Å²) in [6.45, 7) is 0.966. The molecule has 0 radical (unpaired) electrons. The molecule has 0 saturated carbocycles. The Morgan fingerprint density at radius 1 is 1.24 bits per heavy atom. The average molecular weight is 260 g/mol. The molecule has 0 aliphatic carbocycles. The second-order valence-corrected chi connectivity index (χ2v) is 4.58. The summed E-state index contributed by atoms with van der Waals surface area (Å²) in [5.74, 6) is 0. The monoisotopic (exact) mass is 260 g/mol. The third-order valence-electron chi connectivity index (χ3n) is 2.08. The molecule has 0 heterocycles. The van der Waals surface area contributed by atoms with E-state index >= 15 is 0 Å². The molecule has 17 heavy (non-hydrogen) atoms. The molecule has 6 nitrogen and oxygen atoms in total. The number of hydrogen-bond donors (Lipinski definition) is 3. The third kappa shape index (κ3) is 6.90. The maximum Gasteiger partial charge on any atom is 0.397 e. The summed E-state index contributed by atoms with van der Waals surface area (Å²) in [4.78, 5) is 0.